The molecular formula is C14H18N2O3. The summed E-state index contributed by atoms with van der Waals surface area (Å²) in [6, 6.07) is 7.30. The highest BCUT2D eigenvalue weighted by molar-refractivity contribution is 5.84. The quantitative estimate of drug-likeness (QED) is 0.670. The molecule has 102 valence electrons. The van der Waals surface area contributed by atoms with Crippen LogP contribution in [-0.2, 0) is 16.0 Å². The lowest BCUT2D eigenvalue weighted by Gasteiger charge is -2.19. The Balaban J connectivity index is 2.52. The molecule has 0 aromatic heterocycles. The lowest BCUT2D eigenvalue weighted by Crippen LogP contribution is -2.27. The fourth-order valence-corrected chi connectivity index (χ4v) is 1.41. The maximum atomic E-state index is 11.5. The number of hydrogen-bond donors (Lipinski definition) is 1. The van der Waals surface area contributed by atoms with E-state index in [9.17, 15) is 9.59 Å². The van der Waals surface area contributed by atoms with Crippen molar-refractivity contribution >= 4 is 17.9 Å². The number of hydrogen-bond acceptors (Lipinski definition) is 4. The summed E-state index contributed by atoms with van der Waals surface area (Å²) >= 11 is 0. The number of benzene rings is 1. The number of isocyanates is 1. The minimum atomic E-state index is -0.517. The van der Waals surface area contributed by atoms with Crippen molar-refractivity contribution in [1.29, 1.82) is 0 Å². The van der Waals surface area contributed by atoms with Crippen LogP contribution in [0.2, 0.25) is 0 Å². The van der Waals surface area contributed by atoms with Crippen LogP contribution in [-0.4, -0.2) is 24.3 Å². The third-order valence-electron chi connectivity index (χ3n) is 2.18. The van der Waals surface area contributed by atoms with Crippen molar-refractivity contribution in [3.8, 4) is 0 Å². The van der Waals surface area contributed by atoms with Crippen LogP contribution in [0.15, 0.2) is 29.3 Å². The molecule has 0 atom stereocenters. The van der Waals surface area contributed by atoms with Gasteiger partial charge in [-0.05, 0) is 44.9 Å². The van der Waals surface area contributed by atoms with Gasteiger partial charge in [0.15, 0.2) is 0 Å². The van der Waals surface area contributed by atoms with Crippen LogP contribution in [0.3, 0.4) is 0 Å². The zero-order chi connectivity index (χ0) is 14.3. The molecular weight excluding hydrogens is 244 g/mol. The molecule has 1 amide bonds. The van der Waals surface area contributed by atoms with E-state index in [1.54, 1.807) is 12.1 Å². The van der Waals surface area contributed by atoms with Crippen molar-refractivity contribution in [2.75, 3.05) is 11.9 Å². The van der Waals surface area contributed by atoms with Gasteiger partial charge in [-0.2, -0.15) is 0 Å². The van der Waals surface area contributed by atoms with Gasteiger partial charge < -0.3 is 4.74 Å². The Morgan fingerprint density at radius 2 is 1.95 bits per heavy atom. The number of aliphatic imine (C=N–C) groups is 1. The van der Waals surface area contributed by atoms with Gasteiger partial charge in [0.05, 0.1) is 6.54 Å². The largest absolute Gasteiger partial charge is 0.444 e. The number of amides is 1. The van der Waals surface area contributed by atoms with Crippen molar-refractivity contribution < 1.29 is 14.3 Å². The Morgan fingerprint density at radius 3 is 2.47 bits per heavy atom. The summed E-state index contributed by atoms with van der Waals surface area (Å²) < 4.78 is 5.14. The molecule has 0 spiro atoms. The second-order valence-electron chi connectivity index (χ2n) is 5.05. The average molecular weight is 262 g/mol. The van der Waals surface area contributed by atoms with Crippen molar-refractivity contribution in [2.45, 2.75) is 32.8 Å². The van der Waals surface area contributed by atoms with Crippen LogP contribution >= 0.6 is 0 Å². The van der Waals surface area contributed by atoms with E-state index in [0.29, 0.717) is 18.7 Å². The van der Waals surface area contributed by atoms with Crippen LogP contribution in [0, 0.1) is 0 Å². The Hall–Kier alpha value is -2.13. The molecule has 0 unspecified atom stereocenters. The number of ether oxygens (including phenoxy) is 1. The number of rotatable bonds is 4. The second kappa shape index (κ2) is 6.71. The van der Waals surface area contributed by atoms with Crippen molar-refractivity contribution in [3.63, 3.8) is 0 Å². The predicted octanol–water partition coefficient (Wildman–Crippen LogP) is 2.91. The summed E-state index contributed by atoms with van der Waals surface area (Å²) in [5.41, 5.74) is 1.18. The van der Waals surface area contributed by atoms with Gasteiger partial charge >= 0.3 is 6.09 Å². The Kier molecular flexibility index (Phi) is 5.27. The van der Waals surface area contributed by atoms with Crippen LogP contribution in [0.4, 0.5) is 10.5 Å². The molecule has 0 saturated carbocycles. The Labute approximate surface area is 112 Å². The number of carbonyl (C=O) groups is 1. The fourth-order valence-electron chi connectivity index (χ4n) is 1.41. The van der Waals surface area contributed by atoms with Gasteiger partial charge in [0, 0.05) is 5.69 Å². The summed E-state index contributed by atoms with van der Waals surface area (Å²) in [5.74, 6) is 0. The highest BCUT2D eigenvalue weighted by atomic mass is 16.6. The number of anilines is 1. The first-order valence-corrected chi connectivity index (χ1v) is 6.03. The van der Waals surface area contributed by atoms with Gasteiger partial charge in [-0.3, -0.25) is 5.32 Å². The predicted molar refractivity (Wildman–Crippen MR) is 73.0 cm³/mol. The average Bonchev–Trinajstić information content (AvgIpc) is 2.29. The van der Waals surface area contributed by atoms with E-state index in [4.69, 9.17) is 4.74 Å². The standard InChI is InChI=1S/C14H18N2O3/c1-14(2,3)19-13(18)16-12-6-4-11(5-7-12)8-9-15-10-17/h4-7H,8-9H2,1-3H3,(H,16,18). The molecule has 0 saturated heterocycles. The van der Waals surface area contributed by atoms with Crippen molar-refractivity contribution in [2.24, 2.45) is 4.99 Å². The molecule has 0 radical (unpaired) electrons. The third-order valence-corrected chi connectivity index (χ3v) is 2.18. The van der Waals surface area contributed by atoms with E-state index in [2.05, 4.69) is 10.3 Å². The van der Waals surface area contributed by atoms with Gasteiger partial charge in [0.2, 0.25) is 6.08 Å². The van der Waals surface area contributed by atoms with E-state index in [1.165, 1.54) is 6.08 Å². The first kappa shape index (κ1) is 14.9. The second-order valence-corrected chi connectivity index (χ2v) is 5.05. The Morgan fingerprint density at radius 1 is 1.32 bits per heavy atom. The summed E-state index contributed by atoms with van der Waals surface area (Å²) in [4.78, 5) is 24.9. The molecule has 0 aliphatic rings. The van der Waals surface area contributed by atoms with E-state index in [1.807, 2.05) is 32.9 Å². The zero-order valence-electron chi connectivity index (χ0n) is 11.4. The molecule has 5 heteroatoms. The number of nitrogens with one attached hydrogen (secondary N) is 1. The van der Waals surface area contributed by atoms with Gasteiger partial charge in [-0.1, -0.05) is 12.1 Å². The van der Waals surface area contributed by atoms with E-state index in [-0.39, 0.29) is 0 Å². The van der Waals surface area contributed by atoms with Crippen LogP contribution in [0.1, 0.15) is 26.3 Å². The number of nitrogens with zero attached hydrogens (tertiary/aromatic N) is 1. The molecule has 0 aliphatic carbocycles. The summed E-state index contributed by atoms with van der Waals surface area (Å²) in [7, 11) is 0. The third kappa shape index (κ3) is 6.38. The maximum absolute atomic E-state index is 11.5. The first-order chi connectivity index (χ1) is 8.90. The van der Waals surface area contributed by atoms with Crippen molar-refractivity contribution in [1.82, 2.24) is 0 Å². The minimum absolute atomic E-state index is 0.419. The van der Waals surface area contributed by atoms with Crippen LogP contribution < -0.4 is 5.32 Å². The highest BCUT2D eigenvalue weighted by Gasteiger charge is 2.15. The molecule has 1 rings (SSSR count). The molecule has 0 fully saturated rings. The molecule has 1 N–H and O–H groups in total. The van der Waals surface area contributed by atoms with Crippen molar-refractivity contribution in [3.05, 3.63) is 29.8 Å². The normalized spacial score (nSPS) is 10.5. The van der Waals surface area contributed by atoms with Crippen LogP contribution in [0.25, 0.3) is 0 Å². The topological polar surface area (TPSA) is 67.8 Å². The summed E-state index contributed by atoms with van der Waals surface area (Å²) in [6.07, 6.45) is 1.69. The summed E-state index contributed by atoms with van der Waals surface area (Å²) in [6.45, 7) is 5.85. The Bertz CT molecular complexity index is 468. The van der Waals surface area contributed by atoms with E-state index >= 15 is 0 Å². The molecule has 19 heavy (non-hydrogen) atoms. The van der Waals surface area contributed by atoms with Gasteiger partial charge in [-0.15, -0.1) is 0 Å². The maximum Gasteiger partial charge on any atom is 0.412 e. The van der Waals surface area contributed by atoms with E-state index in [0.717, 1.165) is 5.56 Å². The lowest BCUT2D eigenvalue weighted by atomic mass is 10.1. The molecule has 0 bridgehead atoms. The number of carbonyl (C=O) groups excluding carboxylic acids is 2. The smallest absolute Gasteiger partial charge is 0.412 e. The van der Waals surface area contributed by atoms with Gasteiger partial charge in [0.25, 0.3) is 0 Å². The fraction of sp³-hybridized carbons (Fsp3) is 0.429. The summed E-state index contributed by atoms with van der Waals surface area (Å²) in [5, 5.41) is 2.65. The molecule has 5 nitrogen and oxygen atoms in total. The van der Waals surface area contributed by atoms with Crippen LogP contribution in [0.5, 0.6) is 0 Å². The molecule has 1 aromatic carbocycles. The van der Waals surface area contributed by atoms with Gasteiger partial charge in [-0.25, -0.2) is 14.6 Å². The zero-order valence-corrected chi connectivity index (χ0v) is 11.4. The monoisotopic (exact) mass is 262 g/mol. The minimum Gasteiger partial charge on any atom is -0.444 e. The SMILES string of the molecule is CC(C)(C)OC(=O)Nc1ccc(CCN=C=O)cc1. The van der Waals surface area contributed by atoms with E-state index < -0.39 is 11.7 Å². The lowest BCUT2D eigenvalue weighted by molar-refractivity contribution is 0.0636. The molecule has 0 heterocycles. The molecule has 0 aliphatic heterocycles. The highest BCUT2D eigenvalue weighted by Crippen LogP contribution is 2.13. The van der Waals surface area contributed by atoms with Gasteiger partial charge in [0.1, 0.15) is 5.60 Å². The molecule has 1 aromatic rings. The first-order valence-electron chi connectivity index (χ1n) is 6.03.